The van der Waals surface area contributed by atoms with Crippen molar-refractivity contribution in [3.63, 3.8) is 0 Å². The lowest BCUT2D eigenvalue weighted by molar-refractivity contribution is -0.116. The minimum atomic E-state index is -0.439. The third-order valence-electron chi connectivity index (χ3n) is 2.76. The SMILES string of the molecule is Cc1ccc(NC(=O)CCC(C)O)cc1N(C)C. The van der Waals surface area contributed by atoms with Crippen molar-refractivity contribution in [2.75, 3.05) is 24.3 Å². The molecule has 1 amide bonds. The molecule has 4 nitrogen and oxygen atoms in total. The summed E-state index contributed by atoms with van der Waals surface area (Å²) in [4.78, 5) is 13.7. The first-order chi connectivity index (χ1) is 8.40. The molecule has 0 fully saturated rings. The predicted octanol–water partition coefficient (Wildman–Crippen LogP) is 2.16. The second-order valence-electron chi connectivity index (χ2n) is 4.83. The molecule has 0 heterocycles. The molecule has 0 aliphatic heterocycles. The maximum absolute atomic E-state index is 11.6. The number of anilines is 2. The van der Waals surface area contributed by atoms with Gasteiger partial charge in [-0.1, -0.05) is 6.07 Å². The van der Waals surface area contributed by atoms with E-state index in [-0.39, 0.29) is 5.91 Å². The van der Waals surface area contributed by atoms with Gasteiger partial charge in [-0.25, -0.2) is 0 Å². The minimum absolute atomic E-state index is 0.0653. The van der Waals surface area contributed by atoms with Gasteiger partial charge in [0.15, 0.2) is 0 Å². The van der Waals surface area contributed by atoms with Gasteiger partial charge in [0.25, 0.3) is 0 Å². The summed E-state index contributed by atoms with van der Waals surface area (Å²) in [5, 5.41) is 12.0. The van der Waals surface area contributed by atoms with E-state index in [9.17, 15) is 4.79 Å². The fourth-order valence-electron chi connectivity index (χ4n) is 1.73. The highest BCUT2D eigenvalue weighted by Gasteiger charge is 2.07. The van der Waals surface area contributed by atoms with Crippen LogP contribution < -0.4 is 10.2 Å². The van der Waals surface area contributed by atoms with Crippen LogP contribution in [0.1, 0.15) is 25.3 Å². The summed E-state index contributed by atoms with van der Waals surface area (Å²) in [6.45, 7) is 3.72. The van der Waals surface area contributed by atoms with E-state index in [4.69, 9.17) is 5.11 Å². The van der Waals surface area contributed by atoms with Crippen LogP contribution in [0.5, 0.6) is 0 Å². The van der Waals surface area contributed by atoms with E-state index < -0.39 is 6.10 Å². The number of aliphatic hydroxyl groups is 1. The molecule has 1 atom stereocenters. The van der Waals surface area contributed by atoms with E-state index in [0.717, 1.165) is 11.4 Å². The molecule has 0 aliphatic rings. The molecule has 0 aliphatic carbocycles. The molecule has 1 rings (SSSR count). The van der Waals surface area contributed by atoms with Crippen molar-refractivity contribution in [3.05, 3.63) is 23.8 Å². The third-order valence-corrected chi connectivity index (χ3v) is 2.76. The van der Waals surface area contributed by atoms with Crippen molar-refractivity contribution in [3.8, 4) is 0 Å². The van der Waals surface area contributed by atoms with Gasteiger partial charge in [0.2, 0.25) is 5.91 Å². The van der Waals surface area contributed by atoms with Crippen LogP contribution in [0.2, 0.25) is 0 Å². The first-order valence-corrected chi connectivity index (χ1v) is 6.16. The smallest absolute Gasteiger partial charge is 0.224 e. The van der Waals surface area contributed by atoms with Gasteiger partial charge in [0, 0.05) is 31.9 Å². The summed E-state index contributed by atoms with van der Waals surface area (Å²) in [5.74, 6) is -0.0653. The number of carbonyl (C=O) groups is 1. The number of benzene rings is 1. The zero-order valence-corrected chi connectivity index (χ0v) is 11.5. The van der Waals surface area contributed by atoms with Gasteiger partial charge in [0.1, 0.15) is 0 Å². The molecule has 18 heavy (non-hydrogen) atoms. The Kier molecular flexibility index (Phi) is 5.16. The number of aliphatic hydroxyl groups excluding tert-OH is 1. The van der Waals surface area contributed by atoms with Crippen LogP contribution in [0.15, 0.2) is 18.2 Å². The summed E-state index contributed by atoms with van der Waals surface area (Å²) in [6, 6.07) is 5.83. The van der Waals surface area contributed by atoms with E-state index >= 15 is 0 Å². The van der Waals surface area contributed by atoms with Gasteiger partial charge < -0.3 is 15.3 Å². The van der Waals surface area contributed by atoms with Crippen molar-refractivity contribution in [1.82, 2.24) is 0 Å². The molecule has 0 saturated carbocycles. The number of hydrogen-bond acceptors (Lipinski definition) is 3. The molecular formula is C14H22N2O2. The molecule has 0 spiro atoms. The van der Waals surface area contributed by atoms with Crippen molar-refractivity contribution in [2.24, 2.45) is 0 Å². The van der Waals surface area contributed by atoms with Crippen LogP contribution in [0.25, 0.3) is 0 Å². The Morgan fingerprint density at radius 1 is 1.44 bits per heavy atom. The van der Waals surface area contributed by atoms with Gasteiger partial charge in [0.05, 0.1) is 6.10 Å². The molecule has 0 aromatic heterocycles. The van der Waals surface area contributed by atoms with Crippen LogP contribution in [0, 0.1) is 6.92 Å². The predicted molar refractivity (Wildman–Crippen MR) is 75.1 cm³/mol. The maximum Gasteiger partial charge on any atom is 0.224 e. The third kappa shape index (κ3) is 4.37. The van der Waals surface area contributed by atoms with E-state index in [1.54, 1.807) is 6.92 Å². The summed E-state index contributed by atoms with van der Waals surface area (Å²) in [6.07, 6.45) is 0.382. The van der Waals surface area contributed by atoms with E-state index in [2.05, 4.69) is 5.32 Å². The molecule has 0 radical (unpaired) electrons. The molecule has 1 aromatic carbocycles. The number of amides is 1. The van der Waals surface area contributed by atoms with Gasteiger partial charge in [-0.15, -0.1) is 0 Å². The summed E-state index contributed by atoms with van der Waals surface area (Å²) >= 11 is 0. The zero-order chi connectivity index (χ0) is 13.7. The number of carbonyl (C=O) groups excluding carboxylic acids is 1. The lowest BCUT2D eigenvalue weighted by Crippen LogP contribution is -2.15. The Hall–Kier alpha value is -1.55. The fraction of sp³-hybridized carbons (Fsp3) is 0.500. The first-order valence-electron chi connectivity index (χ1n) is 6.16. The van der Waals surface area contributed by atoms with Crippen molar-refractivity contribution in [2.45, 2.75) is 32.8 Å². The number of nitrogens with zero attached hydrogens (tertiary/aromatic N) is 1. The highest BCUT2D eigenvalue weighted by molar-refractivity contribution is 5.91. The van der Waals surface area contributed by atoms with Gasteiger partial charge >= 0.3 is 0 Å². The Balaban J connectivity index is 2.67. The molecule has 1 unspecified atom stereocenters. The zero-order valence-electron chi connectivity index (χ0n) is 11.5. The lowest BCUT2D eigenvalue weighted by atomic mass is 10.1. The standard InChI is InChI=1S/C14H22N2O2/c1-10-5-7-12(9-13(10)16(3)4)15-14(18)8-6-11(2)17/h5,7,9,11,17H,6,8H2,1-4H3,(H,15,18). The molecule has 2 N–H and O–H groups in total. The average Bonchev–Trinajstić information content (AvgIpc) is 2.28. The summed E-state index contributed by atoms with van der Waals surface area (Å²) in [5.41, 5.74) is 3.05. The second-order valence-corrected chi connectivity index (χ2v) is 4.83. The molecule has 1 aromatic rings. The van der Waals surface area contributed by atoms with Gasteiger partial charge in [-0.05, 0) is 38.0 Å². The number of rotatable bonds is 5. The van der Waals surface area contributed by atoms with Crippen molar-refractivity contribution < 1.29 is 9.90 Å². The fourth-order valence-corrected chi connectivity index (χ4v) is 1.73. The number of nitrogens with one attached hydrogen (secondary N) is 1. The van der Waals surface area contributed by atoms with Crippen molar-refractivity contribution in [1.29, 1.82) is 0 Å². The number of aryl methyl sites for hydroxylation is 1. The van der Waals surface area contributed by atoms with Crippen molar-refractivity contribution >= 4 is 17.3 Å². The van der Waals surface area contributed by atoms with Crippen LogP contribution in [0.3, 0.4) is 0 Å². The highest BCUT2D eigenvalue weighted by Crippen LogP contribution is 2.22. The Labute approximate surface area is 109 Å². The van der Waals surface area contributed by atoms with E-state index in [1.165, 1.54) is 5.56 Å². The maximum atomic E-state index is 11.6. The lowest BCUT2D eigenvalue weighted by Gasteiger charge is -2.17. The Morgan fingerprint density at radius 3 is 2.67 bits per heavy atom. The van der Waals surface area contributed by atoms with E-state index in [1.807, 2.05) is 44.1 Å². The molecular weight excluding hydrogens is 228 g/mol. The largest absolute Gasteiger partial charge is 0.393 e. The summed E-state index contributed by atoms with van der Waals surface area (Å²) < 4.78 is 0. The van der Waals surface area contributed by atoms with Crippen LogP contribution in [-0.4, -0.2) is 31.2 Å². The summed E-state index contributed by atoms with van der Waals surface area (Å²) in [7, 11) is 3.95. The van der Waals surface area contributed by atoms with Crippen LogP contribution >= 0.6 is 0 Å². The quantitative estimate of drug-likeness (QED) is 0.842. The normalized spacial score (nSPS) is 12.1. The van der Waals surface area contributed by atoms with Gasteiger partial charge in [-0.3, -0.25) is 4.79 Å². The molecule has 0 saturated heterocycles. The van der Waals surface area contributed by atoms with E-state index in [0.29, 0.717) is 12.8 Å². The van der Waals surface area contributed by atoms with Gasteiger partial charge in [-0.2, -0.15) is 0 Å². The van der Waals surface area contributed by atoms with Crippen LogP contribution in [-0.2, 0) is 4.79 Å². The topological polar surface area (TPSA) is 52.6 Å². The minimum Gasteiger partial charge on any atom is -0.393 e. The Bertz CT molecular complexity index is 414. The highest BCUT2D eigenvalue weighted by atomic mass is 16.3. The average molecular weight is 250 g/mol. The Morgan fingerprint density at radius 2 is 2.11 bits per heavy atom. The van der Waals surface area contributed by atoms with Crippen LogP contribution in [0.4, 0.5) is 11.4 Å². The second kappa shape index (κ2) is 6.40. The molecule has 0 bridgehead atoms. The first kappa shape index (κ1) is 14.5. The molecule has 100 valence electrons. The molecule has 4 heteroatoms. The number of hydrogen-bond donors (Lipinski definition) is 2. The monoisotopic (exact) mass is 250 g/mol.